The molecule has 0 fully saturated rings. The van der Waals surface area contributed by atoms with Crippen molar-refractivity contribution in [3.8, 4) is 39.5 Å². The molecule has 0 atom stereocenters. The van der Waals surface area contributed by atoms with E-state index in [4.69, 9.17) is 13.8 Å². The second kappa shape index (κ2) is 18.2. The fourth-order valence-electron chi connectivity index (χ4n) is 9.53. The molecule has 69 heavy (non-hydrogen) atoms. The van der Waals surface area contributed by atoms with Crippen molar-refractivity contribution in [2.45, 2.75) is 59.2 Å². The molecule has 0 bridgehead atoms. The smallest absolute Gasteiger partial charge is 0.136 e. The van der Waals surface area contributed by atoms with Crippen molar-refractivity contribution in [3.05, 3.63) is 193 Å². The molecule has 0 aliphatic rings. The Morgan fingerprint density at radius 2 is 1.29 bits per heavy atom. The number of imidazole rings is 1. The molecule has 1 radical (unpaired) electrons. The fourth-order valence-corrected chi connectivity index (χ4v) is 10.6. The molecule has 4 aromatic heterocycles. The van der Waals surface area contributed by atoms with E-state index in [1.807, 2.05) is 36.5 Å². The minimum atomic E-state index is -1.30. The van der Waals surface area contributed by atoms with E-state index >= 15 is 0 Å². The van der Waals surface area contributed by atoms with Gasteiger partial charge in [0.15, 0.2) is 0 Å². The molecule has 343 valence electrons. The Morgan fingerprint density at radius 1 is 0.609 bits per heavy atom. The molecule has 5 nitrogen and oxygen atoms in total. The average Bonchev–Trinajstić information content (AvgIpc) is 4.04. The molecule has 4 heterocycles. The predicted molar refractivity (Wildman–Crippen MR) is 282 cm³/mol. The first-order valence-corrected chi connectivity index (χ1v) is 26.9. The van der Waals surface area contributed by atoms with Crippen molar-refractivity contribution in [2.24, 2.45) is 0 Å². The van der Waals surface area contributed by atoms with Crippen LogP contribution in [0.1, 0.15) is 50.7 Å². The summed E-state index contributed by atoms with van der Waals surface area (Å²) in [6.45, 7) is 16.0. The number of nitrogens with zero attached hydrogens (tertiary/aromatic N) is 3. The number of benzene rings is 8. The number of fused-ring (bicyclic) bond motifs is 9. The third-order valence-electron chi connectivity index (χ3n) is 13.1. The van der Waals surface area contributed by atoms with Crippen LogP contribution in [0.4, 0.5) is 4.39 Å². The van der Waals surface area contributed by atoms with E-state index in [1.165, 1.54) is 50.6 Å². The van der Waals surface area contributed by atoms with E-state index in [2.05, 4.69) is 178 Å². The second-order valence-electron chi connectivity index (χ2n) is 19.3. The van der Waals surface area contributed by atoms with Gasteiger partial charge in [-0.25, -0.2) is 0 Å². The number of furan rings is 2. The van der Waals surface area contributed by atoms with Gasteiger partial charge in [0.05, 0.1) is 30.5 Å². The van der Waals surface area contributed by atoms with Gasteiger partial charge in [-0.3, -0.25) is 9.37 Å². The van der Waals surface area contributed by atoms with Crippen molar-refractivity contribution in [2.75, 3.05) is 0 Å². The molecule has 8 aromatic carbocycles. The Labute approximate surface area is 416 Å². The van der Waals surface area contributed by atoms with Gasteiger partial charge in [-0.05, 0) is 86.8 Å². The van der Waals surface area contributed by atoms with E-state index in [0.717, 1.165) is 82.9 Å². The third kappa shape index (κ3) is 8.31. The number of halogens is 1. The van der Waals surface area contributed by atoms with Gasteiger partial charge in [0.1, 0.15) is 16.7 Å². The summed E-state index contributed by atoms with van der Waals surface area (Å²) in [7, 11) is -1.30. The van der Waals surface area contributed by atoms with Crippen LogP contribution in [0.5, 0.6) is 0 Å². The molecule has 0 aliphatic carbocycles. The average molecular weight is 1100 g/mol. The first-order chi connectivity index (χ1) is 32.9. The largest absolute Gasteiger partial charge is 0.501 e. The van der Waals surface area contributed by atoms with E-state index in [-0.39, 0.29) is 37.8 Å². The number of aromatic nitrogens is 3. The zero-order valence-corrected chi connectivity index (χ0v) is 43.0. The maximum Gasteiger partial charge on any atom is 0.136 e. The molecule has 0 aliphatic heterocycles. The van der Waals surface area contributed by atoms with Crippen LogP contribution in [0.25, 0.3) is 105 Å². The summed E-state index contributed by atoms with van der Waals surface area (Å²) in [4.78, 5) is 9.88. The second-order valence-corrected chi connectivity index (χ2v) is 24.4. The van der Waals surface area contributed by atoms with Crippen LogP contribution in [-0.2, 0) is 20.1 Å². The van der Waals surface area contributed by atoms with E-state index in [9.17, 15) is 4.39 Å². The van der Waals surface area contributed by atoms with E-state index in [0.29, 0.717) is 0 Å². The van der Waals surface area contributed by atoms with Crippen LogP contribution in [0.2, 0.25) is 19.6 Å². The Hall–Kier alpha value is -6.96. The van der Waals surface area contributed by atoms with Gasteiger partial charge in [-0.15, -0.1) is 48.0 Å². The van der Waals surface area contributed by atoms with Gasteiger partial charge in [0, 0.05) is 59.4 Å². The van der Waals surface area contributed by atoms with Crippen LogP contribution in [0.15, 0.2) is 173 Å². The first-order valence-electron chi connectivity index (χ1n) is 23.4. The summed E-state index contributed by atoms with van der Waals surface area (Å²) in [5.41, 5.74) is 14.0. The Kier molecular flexibility index (Phi) is 12.1. The summed E-state index contributed by atoms with van der Waals surface area (Å²) in [5, 5.41) is 7.81. The van der Waals surface area contributed by atoms with Crippen molar-refractivity contribution >= 4 is 78.9 Å². The Morgan fingerprint density at radius 3 is 1.97 bits per heavy atom. The summed E-state index contributed by atoms with van der Waals surface area (Å²) >= 11 is 0. The Balaban J connectivity index is 0.000000261. The molecule has 0 N–H and O–H groups in total. The van der Waals surface area contributed by atoms with Gasteiger partial charge in [0.2, 0.25) is 0 Å². The molecule has 8 heteroatoms. The van der Waals surface area contributed by atoms with E-state index < -0.39 is 8.07 Å². The van der Waals surface area contributed by atoms with Crippen LogP contribution in [-0.4, -0.2) is 22.6 Å². The zero-order chi connectivity index (χ0) is 46.8. The maximum atomic E-state index is 12.8. The number of hydrogen-bond acceptors (Lipinski definition) is 4. The molecule has 12 aromatic rings. The molecule has 0 amide bonds. The molecule has 0 unspecified atom stereocenters. The first kappa shape index (κ1) is 45.8. The summed E-state index contributed by atoms with van der Waals surface area (Å²) < 4.78 is 28.3. The quantitative estimate of drug-likeness (QED) is 0.118. The van der Waals surface area contributed by atoms with Crippen LogP contribution in [0, 0.1) is 17.9 Å². The van der Waals surface area contributed by atoms with E-state index in [1.54, 1.807) is 6.07 Å². The van der Waals surface area contributed by atoms with Gasteiger partial charge in [-0.1, -0.05) is 149 Å². The minimum absolute atomic E-state index is 0. The molecular weight excluding hydrogens is 1050 g/mol. The molecule has 0 saturated carbocycles. The normalized spacial score (nSPS) is 11.9. The zero-order valence-electron chi connectivity index (χ0n) is 39.6. The number of pyridine rings is 1. The van der Waals surface area contributed by atoms with Crippen molar-refractivity contribution in [1.29, 1.82) is 0 Å². The van der Waals surface area contributed by atoms with Gasteiger partial charge in [-0.2, -0.15) is 0 Å². The predicted octanol–water partition coefficient (Wildman–Crippen LogP) is 16.6. The molecule has 0 saturated heterocycles. The molecule has 0 spiro atoms. The number of rotatable bonds is 7. The summed E-state index contributed by atoms with van der Waals surface area (Å²) in [5.74, 6) is 1.04. The van der Waals surface area contributed by atoms with Gasteiger partial charge in [0.25, 0.3) is 0 Å². The monoisotopic (exact) mass is 1100 g/mol. The van der Waals surface area contributed by atoms with Crippen LogP contribution >= 0.6 is 0 Å². The van der Waals surface area contributed by atoms with Crippen molar-refractivity contribution in [1.82, 2.24) is 14.5 Å². The number of hydrogen-bond donors (Lipinski definition) is 0. The Bertz CT molecular complexity index is 3820. The SMILES string of the molecule is CC(C)c1cc(-c2ccccc2)cc(C(C)C)c1-n1c(-c2[c-]ccc3c2oc2cc4c(cc23)oc2ccccc24)nc2ccc3ccccc3c21.C[Si](C)(C)c1ccc(-c2[c-]cc(F)cc2)nc1.[Ir]. The maximum absolute atomic E-state index is 12.8. The van der Waals surface area contributed by atoms with Crippen molar-refractivity contribution in [3.63, 3.8) is 0 Å². The van der Waals surface area contributed by atoms with Crippen molar-refractivity contribution < 1.29 is 33.3 Å². The van der Waals surface area contributed by atoms with Gasteiger partial charge < -0.3 is 18.4 Å². The van der Waals surface area contributed by atoms with Crippen LogP contribution < -0.4 is 5.19 Å². The van der Waals surface area contributed by atoms with Crippen LogP contribution in [0.3, 0.4) is 0 Å². The fraction of sp³-hybridized carbons (Fsp3) is 0.148. The minimum Gasteiger partial charge on any atom is -0.501 e. The topological polar surface area (TPSA) is 57.0 Å². The number of para-hydroxylation sites is 1. The summed E-state index contributed by atoms with van der Waals surface area (Å²) in [6, 6.07) is 60.0. The summed E-state index contributed by atoms with van der Waals surface area (Å²) in [6.07, 6.45) is 1.93. The third-order valence-corrected chi connectivity index (χ3v) is 15.1. The standard InChI is InChI=1S/C47H35N2O2.C14H15FNSi.Ir/c1-27(2)36-23-31(29-13-6-5-7-14-29)24-37(28(3)4)44(36)49-45-32-16-9-8-15-30(32)21-22-40(45)48-47(49)35-19-12-18-34-39-26-42-38(25-43(39)51-46(34)35)33-17-10-11-20-41(33)50-42;1-17(2,3)13-8-9-14(16-10-13)11-4-6-12(15)7-5-11;/h5-18,20-28H,1-4H3;4,6-10H,1-3H3;/q2*-1;. The van der Waals surface area contributed by atoms with Gasteiger partial charge >= 0.3 is 0 Å². The molecular formula is C61H50FIrN3O2Si-2. The molecule has 12 rings (SSSR count).